The van der Waals surface area contributed by atoms with Gasteiger partial charge in [-0.2, -0.15) is 0 Å². The minimum atomic E-state index is 0.400. The van der Waals surface area contributed by atoms with Crippen molar-refractivity contribution in [2.24, 2.45) is 5.92 Å². The number of halogens is 1. The van der Waals surface area contributed by atoms with Crippen LogP contribution in [0.2, 0.25) is 0 Å². The predicted octanol–water partition coefficient (Wildman–Crippen LogP) is 1.41. The lowest BCUT2D eigenvalue weighted by atomic mass is 10.2. The Morgan fingerprint density at radius 2 is 2.47 bits per heavy atom. The van der Waals surface area contributed by atoms with E-state index < -0.39 is 0 Å². The quantitative estimate of drug-likeness (QED) is 0.800. The van der Waals surface area contributed by atoms with Crippen molar-refractivity contribution in [2.75, 3.05) is 17.7 Å². The molecule has 2 aromatic rings. The molecule has 0 amide bonds. The molecule has 0 bridgehead atoms. The van der Waals surface area contributed by atoms with Crippen molar-refractivity contribution in [3.63, 3.8) is 0 Å². The average Bonchev–Trinajstić information content (AvgIpc) is 2.74. The third-order valence-electron chi connectivity index (χ3n) is 2.10. The summed E-state index contributed by atoms with van der Waals surface area (Å²) in [5.74, 6) is 1.77. The van der Waals surface area contributed by atoms with Crippen LogP contribution in [-0.2, 0) is 0 Å². The van der Waals surface area contributed by atoms with Crippen molar-refractivity contribution in [2.45, 2.75) is 6.92 Å². The fourth-order valence-electron chi connectivity index (χ4n) is 1.21. The fraction of sp³-hybridized carbons (Fsp3) is 0.444. The number of alkyl halides is 1. The van der Waals surface area contributed by atoms with Gasteiger partial charge >= 0.3 is 0 Å². The molecule has 6 heteroatoms. The Hall–Kier alpha value is -1.36. The van der Waals surface area contributed by atoms with E-state index in [1.54, 1.807) is 12.5 Å². The van der Waals surface area contributed by atoms with Crippen LogP contribution in [0.1, 0.15) is 6.92 Å². The van der Waals surface area contributed by atoms with Gasteiger partial charge in [-0.25, -0.2) is 4.98 Å². The molecule has 2 rings (SSSR count). The number of nitrogens with one attached hydrogen (secondary N) is 1. The molecule has 15 heavy (non-hydrogen) atoms. The number of aromatic nitrogens is 4. The highest BCUT2D eigenvalue weighted by atomic mass is 35.5. The zero-order valence-corrected chi connectivity index (χ0v) is 9.15. The van der Waals surface area contributed by atoms with Crippen molar-refractivity contribution in [3.05, 3.63) is 18.7 Å². The Morgan fingerprint density at radius 3 is 3.27 bits per heavy atom. The molecule has 0 fully saturated rings. The summed E-state index contributed by atoms with van der Waals surface area (Å²) in [4.78, 5) is 4.21. The molecule has 0 aromatic carbocycles. The molecule has 0 spiro atoms. The van der Waals surface area contributed by atoms with E-state index in [0.29, 0.717) is 11.8 Å². The fourth-order valence-corrected chi connectivity index (χ4v) is 1.32. The zero-order valence-electron chi connectivity index (χ0n) is 8.39. The number of anilines is 1. The molecule has 2 aromatic heterocycles. The number of hydrogen-bond donors (Lipinski definition) is 1. The molecule has 0 saturated heterocycles. The second-order valence-electron chi connectivity index (χ2n) is 3.48. The first kappa shape index (κ1) is 10.2. The summed E-state index contributed by atoms with van der Waals surface area (Å²) in [6.07, 6.45) is 5.17. The van der Waals surface area contributed by atoms with E-state index in [-0.39, 0.29) is 0 Å². The summed E-state index contributed by atoms with van der Waals surface area (Å²) in [5, 5.41) is 11.0. The van der Waals surface area contributed by atoms with Crippen LogP contribution >= 0.6 is 11.6 Å². The van der Waals surface area contributed by atoms with Crippen LogP contribution in [0.25, 0.3) is 5.65 Å². The Kier molecular flexibility index (Phi) is 3.01. The number of fused-ring (bicyclic) bond motifs is 1. The highest BCUT2D eigenvalue weighted by Crippen LogP contribution is 2.10. The van der Waals surface area contributed by atoms with Gasteiger partial charge in [0.05, 0.1) is 0 Å². The van der Waals surface area contributed by atoms with E-state index >= 15 is 0 Å². The molecule has 1 atom stereocenters. The SMILES string of the molecule is CC(CCl)CNc1nccn2cnnc12. The monoisotopic (exact) mass is 225 g/mol. The molecule has 2 heterocycles. The summed E-state index contributed by atoms with van der Waals surface area (Å²) in [6.45, 7) is 2.85. The maximum atomic E-state index is 5.72. The van der Waals surface area contributed by atoms with E-state index in [0.717, 1.165) is 18.0 Å². The standard InChI is InChI=1S/C9H12ClN5/c1-7(4-10)5-12-8-9-14-13-6-15(9)3-2-11-8/h2-3,6-7H,4-5H2,1H3,(H,11,12). The summed E-state index contributed by atoms with van der Waals surface area (Å²) in [5.41, 5.74) is 0.735. The van der Waals surface area contributed by atoms with Crippen molar-refractivity contribution < 1.29 is 0 Å². The van der Waals surface area contributed by atoms with Gasteiger partial charge in [0.2, 0.25) is 5.65 Å². The van der Waals surface area contributed by atoms with E-state index in [9.17, 15) is 0 Å². The van der Waals surface area contributed by atoms with E-state index in [4.69, 9.17) is 11.6 Å². The molecule has 0 saturated carbocycles. The van der Waals surface area contributed by atoms with Gasteiger partial charge in [-0.15, -0.1) is 21.8 Å². The maximum Gasteiger partial charge on any atom is 0.203 e. The van der Waals surface area contributed by atoms with Crippen LogP contribution in [0, 0.1) is 5.92 Å². The number of nitrogens with zero attached hydrogens (tertiary/aromatic N) is 4. The maximum absolute atomic E-state index is 5.72. The first-order chi connectivity index (χ1) is 7.31. The molecule has 1 N–H and O–H groups in total. The second-order valence-corrected chi connectivity index (χ2v) is 3.79. The van der Waals surface area contributed by atoms with Crippen molar-refractivity contribution in [1.82, 2.24) is 19.6 Å². The van der Waals surface area contributed by atoms with Crippen molar-refractivity contribution >= 4 is 23.1 Å². The Morgan fingerprint density at radius 1 is 1.60 bits per heavy atom. The average molecular weight is 226 g/mol. The van der Waals surface area contributed by atoms with Crippen LogP contribution in [0.4, 0.5) is 5.82 Å². The highest BCUT2D eigenvalue weighted by molar-refractivity contribution is 6.18. The van der Waals surface area contributed by atoms with Crippen molar-refractivity contribution in [1.29, 1.82) is 0 Å². The molecule has 5 nitrogen and oxygen atoms in total. The molecule has 0 aliphatic heterocycles. The lowest BCUT2D eigenvalue weighted by Crippen LogP contribution is -2.13. The summed E-state index contributed by atoms with van der Waals surface area (Å²) >= 11 is 5.72. The topological polar surface area (TPSA) is 55.1 Å². The lowest BCUT2D eigenvalue weighted by Gasteiger charge is -2.09. The second kappa shape index (κ2) is 4.44. The van der Waals surface area contributed by atoms with E-state index in [1.807, 2.05) is 10.6 Å². The summed E-state index contributed by atoms with van der Waals surface area (Å²) in [6, 6.07) is 0. The minimum absolute atomic E-state index is 0.400. The van der Waals surface area contributed by atoms with Gasteiger partial charge in [-0.3, -0.25) is 4.40 Å². The summed E-state index contributed by atoms with van der Waals surface area (Å²) < 4.78 is 1.82. The Bertz CT molecular complexity index is 441. The van der Waals surface area contributed by atoms with Crippen LogP contribution in [-0.4, -0.2) is 32.0 Å². The largest absolute Gasteiger partial charge is 0.367 e. The van der Waals surface area contributed by atoms with Gasteiger partial charge < -0.3 is 5.32 Å². The zero-order chi connectivity index (χ0) is 10.7. The van der Waals surface area contributed by atoms with Crippen LogP contribution in [0.15, 0.2) is 18.7 Å². The van der Waals surface area contributed by atoms with Gasteiger partial charge in [-0.1, -0.05) is 6.92 Å². The smallest absolute Gasteiger partial charge is 0.203 e. The Labute approximate surface area is 92.5 Å². The van der Waals surface area contributed by atoms with Gasteiger partial charge in [0.15, 0.2) is 5.82 Å². The predicted molar refractivity (Wildman–Crippen MR) is 59.2 cm³/mol. The molecule has 0 aliphatic carbocycles. The van der Waals surface area contributed by atoms with Gasteiger partial charge in [-0.05, 0) is 5.92 Å². The first-order valence-corrected chi connectivity index (χ1v) is 5.29. The molecular formula is C9H12ClN5. The summed E-state index contributed by atoms with van der Waals surface area (Å²) in [7, 11) is 0. The molecule has 80 valence electrons. The van der Waals surface area contributed by atoms with Gasteiger partial charge in [0.25, 0.3) is 0 Å². The van der Waals surface area contributed by atoms with Crippen LogP contribution < -0.4 is 5.32 Å². The van der Waals surface area contributed by atoms with Crippen LogP contribution in [0.3, 0.4) is 0 Å². The van der Waals surface area contributed by atoms with Crippen molar-refractivity contribution in [3.8, 4) is 0 Å². The van der Waals surface area contributed by atoms with E-state index in [2.05, 4.69) is 27.4 Å². The highest BCUT2D eigenvalue weighted by Gasteiger charge is 2.05. The molecule has 0 radical (unpaired) electrons. The van der Waals surface area contributed by atoms with Crippen LogP contribution in [0.5, 0.6) is 0 Å². The normalized spacial score (nSPS) is 12.9. The number of hydrogen-bond acceptors (Lipinski definition) is 4. The van der Waals surface area contributed by atoms with E-state index in [1.165, 1.54) is 0 Å². The molecule has 0 aliphatic rings. The third-order valence-corrected chi connectivity index (χ3v) is 2.62. The molecular weight excluding hydrogens is 214 g/mol. The third kappa shape index (κ3) is 2.18. The van der Waals surface area contributed by atoms with Gasteiger partial charge in [0.1, 0.15) is 6.33 Å². The Balaban J connectivity index is 2.17. The first-order valence-electron chi connectivity index (χ1n) is 4.75. The molecule has 1 unspecified atom stereocenters. The van der Waals surface area contributed by atoms with Gasteiger partial charge in [0, 0.05) is 24.8 Å². The number of rotatable bonds is 4. The minimum Gasteiger partial charge on any atom is -0.367 e. The lowest BCUT2D eigenvalue weighted by molar-refractivity contribution is 0.694.